The van der Waals surface area contributed by atoms with Gasteiger partial charge in [-0.2, -0.15) is 0 Å². The van der Waals surface area contributed by atoms with Gasteiger partial charge >= 0.3 is 0 Å². The molecule has 386 valence electrons. The van der Waals surface area contributed by atoms with E-state index in [-0.39, 0.29) is 0 Å². The summed E-state index contributed by atoms with van der Waals surface area (Å²) in [7, 11) is 0. The van der Waals surface area contributed by atoms with Gasteiger partial charge in [-0.1, -0.05) is 263 Å². The van der Waals surface area contributed by atoms with E-state index >= 15 is 0 Å². The van der Waals surface area contributed by atoms with Crippen LogP contribution in [0.15, 0.2) is 133 Å². The van der Waals surface area contributed by atoms with Crippen molar-refractivity contribution in [3.05, 3.63) is 178 Å². The number of rotatable bonds is 32. The van der Waals surface area contributed by atoms with Crippen molar-refractivity contribution in [3.63, 3.8) is 0 Å². The Bertz CT molecular complexity index is 2630. The zero-order valence-electron chi connectivity index (χ0n) is 45.1. The monoisotopic (exact) mass is 987 g/mol. The van der Waals surface area contributed by atoms with E-state index in [1.165, 1.54) is 110 Å². The summed E-state index contributed by atoms with van der Waals surface area (Å²) in [4.78, 5) is 0. The molecule has 7 aromatic rings. The number of hydrogen-bond acceptors (Lipinski definition) is 4. The molecule has 7 rings (SSSR count). The van der Waals surface area contributed by atoms with Crippen LogP contribution < -0.4 is 18.9 Å². The van der Waals surface area contributed by atoms with E-state index in [9.17, 15) is 0 Å². The molecule has 0 amide bonds. The fraction of sp³-hybridized carbons (Fsp3) is 0.343. The highest BCUT2D eigenvalue weighted by atomic mass is 16.5. The van der Waals surface area contributed by atoms with Crippen molar-refractivity contribution in [2.45, 2.75) is 130 Å². The van der Waals surface area contributed by atoms with Crippen LogP contribution >= 0.6 is 0 Å². The zero-order valence-corrected chi connectivity index (χ0v) is 45.1. The van der Waals surface area contributed by atoms with Crippen molar-refractivity contribution in [2.75, 3.05) is 26.4 Å². The number of hydrogen-bond donors (Lipinski definition) is 0. The van der Waals surface area contributed by atoms with Crippen molar-refractivity contribution >= 4 is 70.2 Å². The number of unbranched alkanes of at least 4 members (excludes halogenated alkanes) is 12. The summed E-state index contributed by atoms with van der Waals surface area (Å²) in [6.45, 7) is 11.8. The summed E-state index contributed by atoms with van der Waals surface area (Å²) in [6, 6.07) is 47.8. The SMILES string of the molecule is CCCCCCOc1ccc(/C=C/c2ccc(/C=C/c3c4ccccc4c(/C=C/c4ccc(/C=C/c5ccc(OCCCCCC)c(OCCCCCC)c5)cc4)c4ccccc34)cc2)cc1OCCCCCC. The molecule has 0 aromatic heterocycles. The first-order valence-electron chi connectivity index (χ1n) is 28.2. The summed E-state index contributed by atoms with van der Waals surface area (Å²) < 4.78 is 25.0. The Morgan fingerprint density at radius 2 is 0.514 bits per heavy atom. The Morgan fingerprint density at radius 3 is 0.811 bits per heavy atom. The van der Waals surface area contributed by atoms with E-state index < -0.39 is 0 Å². The highest BCUT2D eigenvalue weighted by Crippen LogP contribution is 2.36. The van der Waals surface area contributed by atoms with Gasteiger partial charge < -0.3 is 18.9 Å². The van der Waals surface area contributed by atoms with Gasteiger partial charge in [0.1, 0.15) is 0 Å². The molecule has 0 N–H and O–H groups in total. The molecule has 0 aliphatic heterocycles. The second-order valence-electron chi connectivity index (χ2n) is 19.6. The van der Waals surface area contributed by atoms with Crippen molar-refractivity contribution in [3.8, 4) is 23.0 Å². The molecule has 0 aliphatic carbocycles. The second-order valence-corrected chi connectivity index (χ2v) is 19.6. The van der Waals surface area contributed by atoms with E-state index in [2.05, 4.69) is 210 Å². The lowest BCUT2D eigenvalue weighted by molar-refractivity contribution is 0.259. The lowest BCUT2D eigenvalue weighted by Crippen LogP contribution is -2.03. The van der Waals surface area contributed by atoms with Gasteiger partial charge in [0.25, 0.3) is 0 Å². The molecule has 0 saturated heterocycles. The van der Waals surface area contributed by atoms with E-state index in [4.69, 9.17) is 18.9 Å². The molecule has 0 heterocycles. The molecule has 0 atom stereocenters. The Hall–Kier alpha value is -6.78. The minimum atomic E-state index is 0.709. The van der Waals surface area contributed by atoms with E-state index in [0.717, 1.165) is 95.3 Å². The maximum absolute atomic E-state index is 6.30. The summed E-state index contributed by atoms with van der Waals surface area (Å²) >= 11 is 0. The van der Waals surface area contributed by atoms with E-state index in [1.807, 2.05) is 0 Å². The molecular weight excluding hydrogens is 905 g/mol. The Kier molecular flexibility index (Phi) is 23.1. The fourth-order valence-electron chi connectivity index (χ4n) is 9.30. The highest BCUT2D eigenvalue weighted by molar-refractivity contribution is 6.14. The van der Waals surface area contributed by atoms with Gasteiger partial charge in [-0.25, -0.2) is 0 Å². The first kappa shape index (κ1) is 55.0. The minimum absolute atomic E-state index is 0.709. The van der Waals surface area contributed by atoms with Crippen LogP contribution in [0, 0.1) is 0 Å². The van der Waals surface area contributed by atoms with Gasteiger partial charge in [0.05, 0.1) is 26.4 Å². The maximum atomic E-state index is 6.30. The first-order chi connectivity index (χ1) is 36.6. The molecule has 0 fully saturated rings. The largest absolute Gasteiger partial charge is 0.490 e. The zero-order chi connectivity index (χ0) is 51.4. The number of ether oxygens (including phenoxy) is 4. The maximum Gasteiger partial charge on any atom is 0.161 e. The topological polar surface area (TPSA) is 36.9 Å². The third kappa shape index (κ3) is 17.2. The normalized spacial score (nSPS) is 11.8. The van der Waals surface area contributed by atoms with Crippen LogP contribution in [0.3, 0.4) is 0 Å². The molecule has 74 heavy (non-hydrogen) atoms. The lowest BCUT2D eigenvalue weighted by Gasteiger charge is -2.14. The van der Waals surface area contributed by atoms with Gasteiger partial charge in [0, 0.05) is 0 Å². The standard InChI is InChI=1S/C70H82O4/c1-5-9-13-21-49-71-67-47-43-59(53-69(67)73-51-23-15-11-7-3)39-37-55-29-33-57(34-30-55)41-45-65-61-25-17-19-27-63(61)66(64-28-20-18-26-62(64)65)46-42-58-35-31-56(32-36-58)38-40-60-44-48-68(72-50-22-14-10-6-2)70(54-60)74-52-24-16-12-8-4/h17-20,25-48,53-54H,5-16,21-24,49-52H2,1-4H3/b39-37+,40-38+,45-41+,46-42+. The Morgan fingerprint density at radius 1 is 0.257 bits per heavy atom. The Labute approximate surface area is 444 Å². The molecule has 0 radical (unpaired) electrons. The van der Waals surface area contributed by atoms with E-state index in [0.29, 0.717) is 13.2 Å². The molecule has 4 heteroatoms. The smallest absolute Gasteiger partial charge is 0.161 e. The summed E-state index contributed by atoms with van der Waals surface area (Å²) in [5.74, 6) is 3.36. The van der Waals surface area contributed by atoms with Gasteiger partial charge in [-0.05, 0) is 116 Å². The van der Waals surface area contributed by atoms with E-state index in [1.54, 1.807) is 0 Å². The van der Waals surface area contributed by atoms with Crippen LogP contribution in [0.4, 0.5) is 0 Å². The molecular formula is C70H82O4. The average Bonchev–Trinajstić information content (AvgIpc) is 3.44. The first-order valence-corrected chi connectivity index (χ1v) is 28.2. The van der Waals surface area contributed by atoms with Gasteiger partial charge in [0.2, 0.25) is 0 Å². The van der Waals surface area contributed by atoms with Crippen molar-refractivity contribution in [1.82, 2.24) is 0 Å². The van der Waals surface area contributed by atoms with Gasteiger partial charge in [-0.3, -0.25) is 0 Å². The minimum Gasteiger partial charge on any atom is -0.490 e. The van der Waals surface area contributed by atoms with Crippen LogP contribution in [0.25, 0.3) is 70.2 Å². The molecule has 0 unspecified atom stereocenters. The van der Waals surface area contributed by atoms with Crippen molar-refractivity contribution in [1.29, 1.82) is 0 Å². The third-order valence-electron chi connectivity index (χ3n) is 13.7. The van der Waals surface area contributed by atoms with Crippen LogP contribution in [-0.4, -0.2) is 26.4 Å². The van der Waals surface area contributed by atoms with Crippen LogP contribution in [0.2, 0.25) is 0 Å². The lowest BCUT2D eigenvalue weighted by atomic mass is 9.90. The van der Waals surface area contributed by atoms with Crippen LogP contribution in [-0.2, 0) is 0 Å². The molecule has 7 aromatic carbocycles. The third-order valence-corrected chi connectivity index (χ3v) is 13.7. The molecule has 0 saturated carbocycles. The highest BCUT2D eigenvalue weighted by Gasteiger charge is 2.12. The van der Waals surface area contributed by atoms with Crippen molar-refractivity contribution in [2.24, 2.45) is 0 Å². The van der Waals surface area contributed by atoms with Crippen LogP contribution in [0.1, 0.15) is 175 Å². The van der Waals surface area contributed by atoms with Crippen molar-refractivity contribution < 1.29 is 18.9 Å². The average molecular weight is 987 g/mol. The summed E-state index contributed by atoms with van der Waals surface area (Å²) in [5.41, 5.74) is 9.23. The molecule has 4 nitrogen and oxygen atoms in total. The molecule has 0 aliphatic rings. The fourth-order valence-corrected chi connectivity index (χ4v) is 9.30. The van der Waals surface area contributed by atoms with Gasteiger partial charge in [-0.15, -0.1) is 0 Å². The predicted molar refractivity (Wildman–Crippen MR) is 321 cm³/mol. The summed E-state index contributed by atoms with van der Waals surface area (Å²) in [6.07, 6.45) is 36.6. The molecule has 0 spiro atoms. The number of fused-ring (bicyclic) bond motifs is 2. The Balaban J connectivity index is 1.03. The number of benzene rings is 7. The quantitative estimate of drug-likeness (QED) is 0.0239. The van der Waals surface area contributed by atoms with Crippen LogP contribution in [0.5, 0.6) is 23.0 Å². The van der Waals surface area contributed by atoms with Gasteiger partial charge in [0.15, 0.2) is 23.0 Å². The second kappa shape index (κ2) is 31.1. The predicted octanol–water partition coefficient (Wildman–Crippen LogP) is 20.5. The summed E-state index contributed by atoms with van der Waals surface area (Å²) in [5, 5.41) is 4.93. The molecule has 0 bridgehead atoms.